The third-order valence-electron chi connectivity index (χ3n) is 2.14. The second-order valence-corrected chi connectivity index (χ2v) is 3.30. The molecule has 1 radical (unpaired) electrons. The Morgan fingerprint density at radius 1 is 0.765 bits per heavy atom. The molecule has 2 rings (SSSR count). The first-order valence-electron chi connectivity index (χ1n) is 4.50. The van der Waals surface area contributed by atoms with Gasteiger partial charge in [0.15, 0.2) is 17.5 Å². The van der Waals surface area contributed by atoms with Crippen LogP contribution in [0.4, 0.5) is 22.0 Å². The topological polar surface area (TPSA) is 0 Å². The van der Waals surface area contributed by atoms with E-state index < -0.39 is 34.6 Å². The predicted octanol–water partition coefficient (Wildman–Crippen LogP) is 3.85. The Balaban J connectivity index is 2.64. The summed E-state index contributed by atoms with van der Waals surface area (Å²) in [5, 5.41) is 0. The SMILES string of the molecule is Fc1cc(F)cc(-c2c[c]c(F)c(F)c2F)c1. The number of hydrogen-bond acceptors (Lipinski definition) is 0. The molecule has 17 heavy (non-hydrogen) atoms. The minimum Gasteiger partial charge on any atom is -0.207 e. The van der Waals surface area contributed by atoms with Crippen LogP contribution in [0.1, 0.15) is 0 Å². The molecule has 0 spiro atoms. The molecule has 0 unspecified atom stereocenters. The van der Waals surface area contributed by atoms with Crippen LogP contribution >= 0.6 is 0 Å². The Bertz CT molecular complexity index is 557. The summed E-state index contributed by atoms with van der Waals surface area (Å²) in [6.07, 6.45) is 0. The molecule has 0 aromatic heterocycles. The van der Waals surface area contributed by atoms with E-state index in [4.69, 9.17) is 0 Å². The van der Waals surface area contributed by atoms with E-state index in [0.717, 1.165) is 18.2 Å². The Labute approximate surface area is 93.3 Å². The molecular weight excluding hydrogens is 239 g/mol. The molecule has 2 aromatic rings. The summed E-state index contributed by atoms with van der Waals surface area (Å²) in [5.41, 5.74) is -0.683. The lowest BCUT2D eigenvalue weighted by atomic mass is 10.0. The van der Waals surface area contributed by atoms with Crippen LogP contribution in [-0.4, -0.2) is 0 Å². The van der Waals surface area contributed by atoms with Gasteiger partial charge in [0, 0.05) is 17.7 Å². The van der Waals surface area contributed by atoms with Crippen LogP contribution in [0.15, 0.2) is 24.3 Å². The molecule has 0 aliphatic heterocycles. The second-order valence-electron chi connectivity index (χ2n) is 3.30. The van der Waals surface area contributed by atoms with Crippen LogP contribution in [0.5, 0.6) is 0 Å². The van der Waals surface area contributed by atoms with Crippen molar-refractivity contribution in [2.75, 3.05) is 0 Å². The average Bonchev–Trinajstić information content (AvgIpc) is 2.24. The summed E-state index contributed by atoms with van der Waals surface area (Å²) in [7, 11) is 0. The van der Waals surface area contributed by atoms with Crippen molar-refractivity contribution in [3.05, 3.63) is 59.4 Å². The van der Waals surface area contributed by atoms with Crippen molar-refractivity contribution in [3.63, 3.8) is 0 Å². The maximum atomic E-state index is 13.3. The molecule has 5 heteroatoms. The number of benzene rings is 2. The zero-order valence-corrected chi connectivity index (χ0v) is 8.20. The van der Waals surface area contributed by atoms with E-state index in [-0.39, 0.29) is 5.56 Å². The summed E-state index contributed by atoms with van der Waals surface area (Å²) >= 11 is 0. The second kappa shape index (κ2) is 4.16. The highest BCUT2D eigenvalue weighted by Gasteiger charge is 2.15. The molecule has 2 aromatic carbocycles. The molecular formula is C12H4F5. The van der Waals surface area contributed by atoms with Gasteiger partial charge in [-0.25, -0.2) is 22.0 Å². The van der Waals surface area contributed by atoms with Crippen LogP contribution in [0.25, 0.3) is 11.1 Å². The van der Waals surface area contributed by atoms with Crippen molar-refractivity contribution in [2.45, 2.75) is 0 Å². The van der Waals surface area contributed by atoms with Gasteiger partial charge in [0.1, 0.15) is 11.6 Å². The first-order valence-corrected chi connectivity index (χ1v) is 4.50. The standard InChI is InChI=1S/C12H4F5/c13-7-3-6(4-8(14)5-7)9-1-2-10(15)12(17)11(9)16/h1,3-5H. The first-order chi connectivity index (χ1) is 7.99. The molecule has 0 amide bonds. The maximum absolute atomic E-state index is 13.3. The highest BCUT2D eigenvalue weighted by atomic mass is 19.2. The molecule has 0 N–H and O–H groups in total. The van der Waals surface area contributed by atoms with Gasteiger partial charge >= 0.3 is 0 Å². The van der Waals surface area contributed by atoms with Crippen LogP contribution in [0.3, 0.4) is 0 Å². The van der Waals surface area contributed by atoms with E-state index in [9.17, 15) is 22.0 Å². The van der Waals surface area contributed by atoms with Gasteiger partial charge in [0.05, 0.1) is 0 Å². The van der Waals surface area contributed by atoms with E-state index >= 15 is 0 Å². The predicted molar refractivity (Wildman–Crippen MR) is 50.5 cm³/mol. The largest absolute Gasteiger partial charge is 0.207 e. The van der Waals surface area contributed by atoms with Crippen LogP contribution < -0.4 is 0 Å². The lowest BCUT2D eigenvalue weighted by molar-refractivity contribution is 0.448. The van der Waals surface area contributed by atoms with Crippen LogP contribution in [-0.2, 0) is 0 Å². The van der Waals surface area contributed by atoms with Crippen LogP contribution in [0.2, 0.25) is 0 Å². The molecule has 0 atom stereocenters. The fourth-order valence-corrected chi connectivity index (χ4v) is 1.40. The highest BCUT2D eigenvalue weighted by Crippen LogP contribution is 2.26. The Hall–Kier alpha value is -1.91. The van der Waals surface area contributed by atoms with Crippen molar-refractivity contribution in [1.82, 2.24) is 0 Å². The van der Waals surface area contributed by atoms with E-state index in [1.165, 1.54) is 0 Å². The zero-order chi connectivity index (χ0) is 12.6. The maximum Gasteiger partial charge on any atom is 0.195 e. The van der Waals surface area contributed by atoms with E-state index in [0.29, 0.717) is 6.07 Å². The number of halogens is 5. The van der Waals surface area contributed by atoms with Crippen molar-refractivity contribution < 1.29 is 22.0 Å². The van der Waals surface area contributed by atoms with Crippen molar-refractivity contribution in [2.24, 2.45) is 0 Å². The smallest absolute Gasteiger partial charge is 0.195 e. The molecule has 87 valence electrons. The quantitative estimate of drug-likeness (QED) is 0.527. The molecule has 0 aliphatic carbocycles. The summed E-state index contributed by atoms with van der Waals surface area (Å²) in [6.45, 7) is 0. The van der Waals surface area contributed by atoms with Gasteiger partial charge in [0.2, 0.25) is 0 Å². The van der Waals surface area contributed by atoms with Gasteiger partial charge in [-0.3, -0.25) is 0 Å². The monoisotopic (exact) mass is 243 g/mol. The van der Waals surface area contributed by atoms with E-state index in [1.54, 1.807) is 0 Å². The van der Waals surface area contributed by atoms with Gasteiger partial charge in [-0.15, -0.1) is 0 Å². The highest BCUT2D eigenvalue weighted by molar-refractivity contribution is 5.64. The summed E-state index contributed by atoms with van der Waals surface area (Å²) in [4.78, 5) is 0. The summed E-state index contributed by atoms with van der Waals surface area (Å²) in [6, 6.07) is 4.83. The number of rotatable bonds is 1. The van der Waals surface area contributed by atoms with Gasteiger partial charge in [0.25, 0.3) is 0 Å². The van der Waals surface area contributed by atoms with Gasteiger partial charge in [-0.1, -0.05) is 0 Å². The Morgan fingerprint density at radius 2 is 1.35 bits per heavy atom. The summed E-state index contributed by atoms with van der Waals surface area (Å²) < 4.78 is 64.6. The molecule has 0 nitrogen and oxygen atoms in total. The minimum absolute atomic E-state index is 0.227. The van der Waals surface area contributed by atoms with Gasteiger partial charge in [-0.05, 0) is 23.8 Å². The third-order valence-corrected chi connectivity index (χ3v) is 2.14. The molecule has 0 saturated heterocycles. The fourth-order valence-electron chi connectivity index (χ4n) is 1.40. The lowest BCUT2D eigenvalue weighted by Gasteiger charge is -2.05. The van der Waals surface area contributed by atoms with E-state index in [1.807, 2.05) is 6.07 Å². The molecule has 0 aliphatic rings. The van der Waals surface area contributed by atoms with Crippen molar-refractivity contribution >= 4 is 0 Å². The van der Waals surface area contributed by atoms with Crippen molar-refractivity contribution in [1.29, 1.82) is 0 Å². The summed E-state index contributed by atoms with van der Waals surface area (Å²) in [5.74, 6) is -6.60. The van der Waals surface area contributed by atoms with Crippen LogP contribution in [0, 0.1) is 35.2 Å². The van der Waals surface area contributed by atoms with Crippen molar-refractivity contribution in [3.8, 4) is 11.1 Å². The Morgan fingerprint density at radius 3 is 1.94 bits per heavy atom. The first kappa shape index (κ1) is 11.6. The molecule has 0 bridgehead atoms. The average molecular weight is 243 g/mol. The van der Waals surface area contributed by atoms with Gasteiger partial charge < -0.3 is 0 Å². The number of hydrogen-bond donors (Lipinski definition) is 0. The molecule has 0 saturated carbocycles. The molecule has 0 fully saturated rings. The zero-order valence-electron chi connectivity index (χ0n) is 8.20. The third kappa shape index (κ3) is 2.13. The van der Waals surface area contributed by atoms with Gasteiger partial charge in [-0.2, -0.15) is 0 Å². The molecule has 0 heterocycles. The Kier molecular flexibility index (Phi) is 2.83. The van der Waals surface area contributed by atoms with E-state index in [2.05, 4.69) is 0 Å². The minimum atomic E-state index is -1.73. The fraction of sp³-hybridized carbons (Fsp3) is 0. The normalized spacial score (nSPS) is 10.6. The lowest BCUT2D eigenvalue weighted by Crippen LogP contribution is -1.95.